The van der Waals surface area contributed by atoms with E-state index in [0.717, 1.165) is 36.7 Å². The minimum Gasteiger partial charge on any atom is -0.378 e. The number of fused-ring (bicyclic) bond motifs is 1. The molecule has 0 radical (unpaired) electrons. The molecular formula is C26H46O3. The maximum absolute atomic E-state index is 6.62. The Hall–Kier alpha value is -0.120. The lowest BCUT2D eigenvalue weighted by atomic mass is 9.69. The van der Waals surface area contributed by atoms with Crippen LogP contribution in [-0.4, -0.2) is 32.2 Å². The van der Waals surface area contributed by atoms with Gasteiger partial charge >= 0.3 is 0 Å². The van der Waals surface area contributed by atoms with Crippen LogP contribution in [0.15, 0.2) is 0 Å². The Balaban J connectivity index is 1.21. The van der Waals surface area contributed by atoms with Crippen molar-refractivity contribution < 1.29 is 14.2 Å². The van der Waals surface area contributed by atoms with Gasteiger partial charge in [0.1, 0.15) is 0 Å². The molecule has 0 amide bonds. The molecule has 6 unspecified atom stereocenters. The molecule has 0 aromatic heterocycles. The van der Waals surface area contributed by atoms with Gasteiger partial charge in [-0.05, 0) is 99.2 Å². The van der Waals surface area contributed by atoms with Crippen LogP contribution >= 0.6 is 0 Å². The van der Waals surface area contributed by atoms with Crippen LogP contribution in [0.1, 0.15) is 91.4 Å². The van der Waals surface area contributed by atoms with Crippen LogP contribution in [0, 0.1) is 41.4 Å². The molecule has 0 spiro atoms. The molecule has 168 valence electrons. The number of rotatable bonds is 5. The van der Waals surface area contributed by atoms with Crippen LogP contribution in [0.5, 0.6) is 0 Å². The average Bonchev–Trinajstić information content (AvgIpc) is 2.76. The second-order valence-corrected chi connectivity index (χ2v) is 11.2. The summed E-state index contributed by atoms with van der Waals surface area (Å²) in [5, 5.41) is 0. The normalized spacial score (nSPS) is 48.8. The van der Waals surface area contributed by atoms with Gasteiger partial charge in [0.15, 0.2) is 6.29 Å². The Morgan fingerprint density at radius 1 is 0.724 bits per heavy atom. The zero-order valence-corrected chi connectivity index (χ0v) is 19.5. The number of ether oxygens (including phenoxy) is 3. The first-order chi connectivity index (χ1) is 14.0. The Morgan fingerprint density at radius 3 is 2.00 bits per heavy atom. The average molecular weight is 407 g/mol. The molecular weight excluding hydrogens is 360 g/mol. The summed E-state index contributed by atoms with van der Waals surface area (Å²) in [7, 11) is 1.78. The van der Waals surface area contributed by atoms with Crippen LogP contribution in [-0.2, 0) is 14.2 Å². The fourth-order valence-electron chi connectivity index (χ4n) is 7.06. The SMILES string of the molecule is COC1CCC2CC(OCC3CCC(C4CCC(C)CC4)CC3)C(C)C(C)C2O1. The lowest BCUT2D eigenvalue weighted by Crippen LogP contribution is -2.50. The van der Waals surface area contributed by atoms with E-state index in [1.165, 1.54) is 64.2 Å². The number of hydrogen-bond acceptors (Lipinski definition) is 3. The third-order valence-electron chi connectivity index (χ3n) is 9.44. The topological polar surface area (TPSA) is 27.7 Å². The van der Waals surface area contributed by atoms with Gasteiger partial charge < -0.3 is 14.2 Å². The van der Waals surface area contributed by atoms with Crippen molar-refractivity contribution in [1.82, 2.24) is 0 Å². The molecule has 3 saturated carbocycles. The van der Waals surface area contributed by atoms with Gasteiger partial charge in [-0.1, -0.05) is 33.6 Å². The molecule has 1 heterocycles. The summed E-state index contributed by atoms with van der Waals surface area (Å²) < 4.78 is 18.4. The summed E-state index contributed by atoms with van der Waals surface area (Å²) in [6.45, 7) is 8.18. The standard InChI is InChI=1S/C26H46O3/c1-17-5-9-21(10-6-17)22-11-7-20(8-12-22)16-28-24-15-23-13-14-25(27-4)29-26(23)19(3)18(24)2/h17-26H,5-16H2,1-4H3. The quantitative estimate of drug-likeness (QED) is 0.525. The molecule has 29 heavy (non-hydrogen) atoms. The number of hydrogen-bond donors (Lipinski definition) is 0. The van der Waals surface area contributed by atoms with Crippen LogP contribution < -0.4 is 0 Å². The van der Waals surface area contributed by atoms with Crippen molar-refractivity contribution in [3.8, 4) is 0 Å². The molecule has 0 aromatic carbocycles. The van der Waals surface area contributed by atoms with E-state index in [2.05, 4.69) is 20.8 Å². The molecule has 3 aliphatic carbocycles. The predicted molar refractivity (Wildman–Crippen MR) is 118 cm³/mol. The van der Waals surface area contributed by atoms with E-state index in [1.807, 2.05) is 0 Å². The van der Waals surface area contributed by atoms with Crippen molar-refractivity contribution >= 4 is 0 Å². The Bertz CT molecular complexity index is 490. The molecule has 3 nitrogen and oxygen atoms in total. The highest BCUT2D eigenvalue weighted by molar-refractivity contribution is 4.92. The molecule has 1 saturated heterocycles. The minimum absolute atomic E-state index is 0.00549. The maximum atomic E-state index is 6.62. The smallest absolute Gasteiger partial charge is 0.157 e. The molecule has 6 atom stereocenters. The molecule has 0 aromatic rings. The molecule has 1 aliphatic heterocycles. The summed E-state index contributed by atoms with van der Waals surface area (Å²) in [5.41, 5.74) is 0. The predicted octanol–water partition coefficient (Wildman–Crippen LogP) is 6.45. The van der Waals surface area contributed by atoms with Crippen LogP contribution in [0.4, 0.5) is 0 Å². The molecule has 4 fully saturated rings. The highest BCUT2D eigenvalue weighted by atomic mass is 16.7. The van der Waals surface area contributed by atoms with E-state index in [-0.39, 0.29) is 6.29 Å². The summed E-state index contributed by atoms with van der Waals surface area (Å²) in [6.07, 6.45) is 15.9. The first kappa shape index (κ1) is 22.1. The van der Waals surface area contributed by atoms with Crippen molar-refractivity contribution in [3.05, 3.63) is 0 Å². The fourth-order valence-corrected chi connectivity index (χ4v) is 7.06. The minimum atomic E-state index is 0.00549. The molecule has 0 bridgehead atoms. The van der Waals surface area contributed by atoms with Gasteiger partial charge in [0.05, 0.1) is 12.2 Å². The first-order valence-electron chi connectivity index (χ1n) is 12.8. The summed E-state index contributed by atoms with van der Waals surface area (Å²) in [5.74, 6) is 5.61. The summed E-state index contributed by atoms with van der Waals surface area (Å²) >= 11 is 0. The Morgan fingerprint density at radius 2 is 1.34 bits per heavy atom. The van der Waals surface area contributed by atoms with Gasteiger partial charge in [-0.3, -0.25) is 0 Å². The van der Waals surface area contributed by atoms with Crippen molar-refractivity contribution in [2.75, 3.05) is 13.7 Å². The lowest BCUT2D eigenvalue weighted by Gasteiger charge is -2.48. The second-order valence-electron chi connectivity index (χ2n) is 11.2. The van der Waals surface area contributed by atoms with Crippen LogP contribution in [0.2, 0.25) is 0 Å². The van der Waals surface area contributed by atoms with Crippen molar-refractivity contribution in [2.24, 2.45) is 41.4 Å². The third kappa shape index (κ3) is 5.21. The van der Waals surface area contributed by atoms with Gasteiger partial charge in [-0.25, -0.2) is 0 Å². The fraction of sp³-hybridized carbons (Fsp3) is 1.00. The van der Waals surface area contributed by atoms with Crippen molar-refractivity contribution in [3.63, 3.8) is 0 Å². The zero-order chi connectivity index (χ0) is 20.4. The largest absolute Gasteiger partial charge is 0.378 e. The zero-order valence-electron chi connectivity index (χ0n) is 19.5. The number of methoxy groups -OCH3 is 1. The maximum Gasteiger partial charge on any atom is 0.157 e. The van der Waals surface area contributed by atoms with Gasteiger partial charge in [-0.15, -0.1) is 0 Å². The Labute approximate surface area is 179 Å². The second kappa shape index (κ2) is 10.0. The third-order valence-corrected chi connectivity index (χ3v) is 9.44. The monoisotopic (exact) mass is 406 g/mol. The van der Waals surface area contributed by atoms with Crippen molar-refractivity contribution in [2.45, 2.75) is 110 Å². The highest BCUT2D eigenvalue weighted by Gasteiger charge is 2.45. The van der Waals surface area contributed by atoms with Gasteiger partial charge in [0.25, 0.3) is 0 Å². The van der Waals surface area contributed by atoms with Gasteiger partial charge in [0, 0.05) is 13.7 Å². The van der Waals surface area contributed by atoms with E-state index in [4.69, 9.17) is 14.2 Å². The van der Waals surface area contributed by atoms with Gasteiger partial charge in [-0.2, -0.15) is 0 Å². The molecule has 3 heteroatoms. The van der Waals surface area contributed by atoms with Crippen LogP contribution in [0.25, 0.3) is 0 Å². The van der Waals surface area contributed by atoms with Crippen LogP contribution in [0.3, 0.4) is 0 Å². The lowest BCUT2D eigenvalue weighted by molar-refractivity contribution is -0.236. The van der Waals surface area contributed by atoms with E-state index in [9.17, 15) is 0 Å². The van der Waals surface area contributed by atoms with E-state index in [0.29, 0.717) is 30.0 Å². The highest BCUT2D eigenvalue weighted by Crippen LogP contribution is 2.44. The van der Waals surface area contributed by atoms with Gasteiger partial charge in [0.2, 0.25) is 0 Å². The molecule has 4 aliphatic rings. The molecule has 4 rings (SSSR count). The Kier molecular flexibility index (Phi) is 7.62. The van der Waals surface area contributed by atoms with E-state index < -0.39 is 0 Å². The van der Waals surface area contributed by atoms with E-state index >= 15 is 0 Å². The van der Waals surface area contributed by atoms with E-state index in [1.54, 1.807) is 7.11 Å². The van der Waals surface area contributed by atoms with Crippen molar-refractivity contribution in [1.29, 1.82) is 0 Å². The molecule has 0 N–H and O–H groups in total. The summed E-state index contributed by atoms with van der Waals surface area (Å²) in [6, 6.07) is 0. The first-order valence-corrected chi connectivity index (χ1v) is 12.8. The summed E-state index contributed by atoms with van der Waals surface area (Å²) in [4.78, 5) is 0.